The van der Waals surface area contributed by atoms with E-state index in [4.69, 9.17) is 5.26 Å². The number of hydrogen-bond donors (Lipinski definition) is 2. The van der Waals surface area contributed by atoms with Crippen LogP contribution < -0.4 is 5.32 Å². The molecular formula is C21H23FN6O3. The van der Waals surface area contributed by atoms with Crippen molar-refractivity contribution in [1.82, 2.24) is 19.6 Å². The molecule has 1 aromatic carbocycles. The molecule has 0 saturated carbocycles. The van der Waals surface area contributed by atoms with Crippen LogP contribution in [0.3, 0.4) is 0 Å². The van der Waals surface area contributed by atoms with Crippen molar-refractivity contribution in [3.8, 4) is 6.07 Å². The first-order chi connectivity index (χ1) is 14.8. The molecular weight excluding hydrogens is 403 g/mol. The molecule has 9 nitrogen and oxygen atoms in total. The van der Waals surface area contributed by atoms with Crippen LogP contribution in [-0.2, 0) is 19.5 Å². The van der Waals surface area contributed by atoms with Crippen molar-refractivity contribution < 1.29 is 19.1 Å². The van der Waals surface area contributed by atoms with E-state index in [0.717, 1.165) is 11.8 Å². The average Bonchev–Trinajstić information content (AvgIpc) is 3.03. The SMILES string of the molecule is C[C@@H]1Cc2nn3c(c2CN1C(=O)Nc1ccc(F)c(C#N)c1)C(=O)N(C)CC(CO)C3. The number of carbonyl (C=O) groups excluding carboxylic acids is 2. The van der Waals surface area contributed by atoms with E-state index in [1.54, 1.807) is 27.6 Å². The molecule has 2 atom stereocenters. The van der Waals surface area contributed by atoms with Crippen LogP contribution in [0.5, 0.6) is 0 Å². The van der Waals surface area contributed by atoms with E-state index in [-0.39, 0.29) is 36.6 Å². The quantitative estimate of drug-likeness (QED) is 0.757. The maximum absolute atomic E-state index is 13.6. The number of nitrogens with zero attached hydrogens (tertiary/aromatic N) is 5. The Balaban J connectivity index is 1.61. The van der Waals surface area contributed by atoms with Crippen molar-refractivity contribution in [1.29, 1.82) is 5.26 Å². The number of urea groups is 1. The molecule has 0 radical (unpaired) electrons. The lowest BCUT2D eigenvalue weighted by Crippen LogP contribution is -2.45. The summed E-state index contributed by atoms with van der Waals surface area (Å²) in [6, 6.07) is 4.99. The van der Waals surface area contributed by atoms with E-state index in [1.807, 2.05) is 6.92 Å². The smallest absolute Gasteiger partial charge is 0.322 e. The molecule has 3 heterocycles. The maximum Gasteiger partial charge on any atom is 0.322 e. The molecule has 3 amide bonds. The van der Waals surface area contributed by atoms with Gasteiger partial charge in [0.25, 0.3) is 5.91 Å². The molecule has 2 N–H and O–H groups in total. The van der Waals surface area contributed by atoms with Gasteiger partial charge in [-0.3, -0.25) is 9.48 Å². The van der Waals surface area contributed by atoms with Crippen LogP contribution in [0, 0.1) is 23.1 Å². The zero-order chi connectivity index (χ0) is 22.3. The van der Waals surface area contributed by atoms with Crippen LogP contribution in [0.15, 0.2) is 18.2 Å². The summed E-state index contributed by atoms with van der Waals surface area (Å²) in [5.74, 6) is -0.944. The highest BCUT2D eigenvalue weighted by atomic mass is 19.1. The Morgan fingerprint density at radius 2 is 2.19 bits per heavy atom. The predicted octanol–water partition coefficient (Wildman–Crippen LogP) is 1.57. The summed E-state index contributed by atoms with van der Waals surface area (Å²) < 4.78 is 15.2. The lowest BCUT2D eigenvalue weighted by atomic mass is 9.99. The third-order valence-corrected chi connectivity index (χ3v) is 5.85. The summed E-state index contributed by atoms with van der Waals surface area (Å²) in [5, 5.41) is 25.9. The number of aromatic nitrogens is 2. The molecule has 0 spiro atoms. The van der Waals surface area contributed by atoms with Crippen LogP contribution in [0.2, 0.25) is 0 Å². The summed E-state index contributed by atoms with van der Waals surface area (Å²) in [4.78, 5) is 29.1. The third kappa shape index (κ3) is 3.72. The minimum absolute atomic E-state index is 0.0468. The van der Waals surface area contributed by atoms with Gasteiger partial charge in [0.2, 0.25) is 0 Å². The van der Waals surface area contributed by atoms with Gasteiger partial charge in [-0.1, -0.05) is 0 Å². The largest absolute Gasteiger partial charge is 0.396 e. The van der Waals surface area contributed by atoms with Gasteiger partial charge in [-0.25, -0.2) is 9.18 Å². The van der Waals surface area contributed by atoms with Crippen molar-refractivity contribution in [3.63, 3.8) is 0 Å². The Morgan fingerprint density at radius 1 is 1.42 bits per heavy atom. The molecule has 0 fully saturated rings. The second kappa shape index (κ2) is 8.00. The Bertz CT molecular complexity index is 1090. The van der Waals surface area contributed by atoms with Crippen molar-refractivity contribution in [2.75, 3.05) is 25.5 Å². The predicted molar refractivity (Wildman–Crippen MR) is 109 cm³/mol. The molecule has 2 aliphatic rings. The molecule has 2 aromatic rings. The summed E-state index contributed by atoms with van der Waals surface area (Å²) in [7, 11) is 1.69. The first-order valence-corrected chi connectivity index (χ1v) is 10.0. The van der Waals surface area contributed by atoms with Gasteiger partial charge in [0.15, 0.2) is 0 Å². The van der Waals surface area contributed by atoms with Gasteiger partial charge in [0.05, 0.1) is 17.8 Å². The molecule has 162 valence electrons. The van der Waals surface area contributed by atoms with E-state index in [1.165, 1.54) is 12.1 Å². The number of amides is 3. The van der Waals surface area contributed by atoms with Gasteiger partial charge < -0.3 is 20.2 Å². The van der Waals surface area contributed by atoms with Crippen LogP contribution in [0.4, 0.5) is 14.9 Å². The van der Waals surface area contributed by atoms with Gasteiger partial charge >= 0.3 is 6.03 Å². The minimum atomic E-state index is -0.650. The summed E-state index contributed by atoms with van der Waals surface area (Å²) >= 11 is 0. The normalized spacial score (nSPS) is 20.5. The van der Waals surface area contributed by atoms with E-state index in [2.05, 4.69) is 10.4 Å². The number of carbonyl (C=O) groups is 2. The first kappa shape index (κ1) is 20.8. The number of fused-ring (bicyclic) bond motifs is 3. The number of halogens is 1. The van der Waals surface area contributed by atoms with Gasteiger partial charge in [-0.15, -0.1) is 0 Å². The van der Waals surface area contributed by atoms with Gasteiger partial charge in [0, 0.05) is 56.4 Å². The Morgan fingerprint density at radius 3 is 2.90 bits per heavy atom. The number of benzene rings is 1. The number of hydrogen-bond acceptors (Lipinski definition) is 5. The molecule has 4 rings (SSSR count). The first-order valence-electron chi connectivity index (χ1n) is 10.0. The Kier molecular flexibility index (Phi) is 5.37. The molecule has 0 saturated heterocycles. The standard InChI is InChI=1S/C21H23FN6O3/c1-12-5-18-16(19-20(30)26(2)8-13(11-29)9-28(19)25-18)10-27(12)21(31)24-15-3-4-17(22)14(6-15)7-23/h3-4,6,12-13,29H,5,8-11H2,1-2H3,(H,24,31)/t12-,13?/m1/s1. The number of aliphatic hydroxyl groups is 1. The van der Waals surface area contributed by atoms with Crippen LogP contribution in [0.1, 0.15) is 34.2 Å². The zero-order valence-electron chi connectivity index (χ0n) is 17.3. The summed E-state index contributed by atoms with van der Waals surface area (Å²) in [6.45, 7) is 2.91. The lowest BCUT2D eigenvalue weighted by Gasteiger charge is -2.33. The van der Waals surface area contributed by atoms with E-state index in [9.17, 15) is 19.1 Å². The van der Waals surface area contributed by atoms with Gasteiger partial charge in [-0.05, 0) is 25.1 Å². The Labute approximate surface area is 178 Å². The van der Waals surface area contributed by atoms with Crippen LogP contribution in [-0.4, -0.2) is 62.9 Å². The topological polar surface area (TPSA) is 114 Å². The number of anilines is 1. The van der Waals surface area contributed by atoms with Crippen molar-refractivity contribution in [2.45, 2.75) is 32.5 Å². The van der Waals surface area contributed by atoms with Crippen LogP contribution >= 0.6 is 0 Å². The molecule has 2 aliphatic heterocycles. The lowest BCUT2D eigenvalue weighted by molar-refractivity contribution is 0.0761. The fraction of sp³-hybridized carbons (Fsp3) is 0.429. The zero-order valence-corrected chi connectivity index (χ0v) is 17.3. The number of nitrogens with one attached hydrogen (secondary N) is 1. The van der Waals surface area contributed by atoms with Gasteiger partial charge in [-0.2, -0.15) is 10.4 Å². The number of rotatable bonds is 2. The highest BCUT2D eigenvalue weighted by Gasteiger charge is 2.37. The van der Waals surface area contributed by atoms with Crippen LogP contribution in [0.25, 0.3) is 0 Å². The third-order valence-electron chi connectivity index (χ3n) is 5.85. The minimum Gasteiger partial charge on any atom is -0.396 e. The molecule has 1 unspecified atom stereocenters. The molecule has 1 aromatic heterocycles. The summed E-state index contributed by atoms with van der Waals surface area (Å²) in [6.07, 6.45) is 0.483. The molecule has 10 heteroatoms. The average molecular weight is 426 g/mol. The second-order valence-corrected chi connectivity index (χ2v) is 8.11. The van der Waals surface area contributed by atoms with E-state index >= 15 is 0 Å². The molecule has 0 bridgehead atoms. The fourth-order valence-electron chi connectivity index (χ4n) is 4.19. The van der Waals surface area contributed by atoms with Crippen molar-refractivity contribution in [2.24, 2.45) is 5.92 Å². The Hall–Kier alpha value is -3.45. The van der Waals surface area contributed by atoms with Crippen molar-refractivity contribution >= 4 is 17.6 Å². The van der Waals surface area contributed by atoms with E-state index in [0.29, 0.717) is 36.5 Å². The fourth-order valence-corrected chi connectivity index (χ4v) is 4.19. The maximum atomic E-state index is 13.6. The molecule has 0 aliphatic carbocycles. The monoisotopic (exact) mass is 426 g/mol. The summed E-state index contributed by atoms with van der Waals surface area (Å²) in [5.41, 5.74) is 2.10. The number of nitriles is 1. The molecule has 31 heavy (non-hydrogen) atoms. The number of aliphatic hydroxyl groups excluding tert-OH is 1. The van der Waals surface area contributed by atoms with E-state index < -0.39 is 11.8 Å². The van der Waals surface area contributed by atoms with Gasteiger partial charge in [0.1, 0.15) is 17.6 Å². The highest BCUT2D eigenvalue weighted by Crippen LogP contribution is 2.29. The highest BCUT2D eigenvalue weighted by molar-refractivity contribution is 5.95. The van der Waals surface area contributed by atoms with Crippen molar-refractivity contribution in [3.05, 3.63) is 46.5 Å². The second-order valence-electron chi connectivity index (χ2n) is 8.11.